The van der Waals surface area contributed by atoms with Crippen molar-refractivity contribution in [3.8, 4) is 17.6 Å². The number of methoxy groups -OCH3 is 1. The molecule has 0 heterocycles. The minimum absolute atomic E-state index is 0.0204. The summed E-state index contributed by atoms with van der Waals surface area (Å²) >= 11 is 0. The van der Waals surface area contributed by atoms with Crippen LogP contribution in [0.2, 0.25) is 0 Å². The topological polar surface area (TPSA) is 121 Å². The van der Waals surface area contributed by atoms with E-state index >= 15 is 0 Å². The maximum Gasteiger partial charge on any atom is 0.407 e. The van der Waals surface area contributed by atoms with Crippen LogP contribution in [0.25, 0.3) is 0 Å². The van der Waals surface area contributed by atoms with E-state index < -0.39 is 24.1 Å². The van der Waals surface area contributed by atoms with Crippen molar-refractivity contribution >= 4 is 12.0 Å². The number of alkyl carbamates (subject to hydrolysis) is 1. The number of nitrogens with one attached hydrogen (secondary N) is 2. The summed E-state index contributed by atoms with van der Waals surface area (Å²) in [5.41, 5.74) is 1.24. The largest absolute Gasteiger partial charge is 0.508 e. The Morgan fingerprint density at radius 3 is 2.72 bits per heavy atom. The Bertz CT molecular complexity index is 988. The smallest absolute Gasteiger partial charge is 0.407 e. The van der Waals surface area contributed by atoms with Crippen molar-refractivity contribution in [3.05, 3.63) is 59.7 Å². The lowest BCUT2D eigenvalue weighted by Crippen LogP contribution is -2.49. The van der Waals surface area contributed by atoms with Gasteiger partial charge in [-0.25, -0.2) is 4.79 Å². The second kappa shape index (κ2) is 11.0. The van der Waals surface area contributed by atoms with Crippen LogP contribution in [0.4, 0.5) is 4.79 Å². The van der Waals surface area contributed by atoms with Crippen LogP contribution >= 0.6 is 0 Å². The van der Waals surface area contributed by atoms with E-state index in [9.17, 15) is 20.0 Å². The van der Waals surface area contributed by atoms with Gasteiger partial charge >= 0.3 is 6.09 Å². The molecule has 32 heavy (non-hydrogen) atoms. The van der Waals surface area contributed by atoms with Crippen LogP contribution in [0, 0.1) is 17.2 Å². The fourth-order valence-electron chi connectivity index (χ4n) is 3.92. The minimum Gasteiger partial charge on any atom is -0.508 e. The molecule has 3 N–H and O–H groups in total. The van der Waals surface area contributed by atoms with Gasteiger partial charge in [-0.15, -0.1) is 0 Å². The Balaban J connectivity index is 1.60. The summed E-state index contributed by atoms with van der Waals surface area (Å²) in [5.74, 6) is -0.137. The first kappa shape index (κ1) is 22.9. The number of phenolic OH excluding ortho intramolecular Hbond substituents is 1. The molecule has 3 atom stereocenters. The summed E-state index contributed by atoms with van der Waals surface area (Å²) < 4.78 is 10.6. The molecule has 8 heteroatoms. The molecule has 0 radical (unpaired) electrons. The van der Waals surface area contributed by atoms with Crippen molar-refractivity contribution in [2.45, 2.75) is 44.4 Å². The third kappa shape index (κ3) is 5.91. The van der Waals surface area contributed by atoms with E-state index in [1.165, 1.54) is 12.1 Å². The number of aromatic hydroxyl groups is 1. The van der Waals surface area contributed by atoms with Gasteiger partial charge in [0.15, 0.2) is 0 Å². The van der Waals surface area contributed by atoms with Crippen molar-refractivity contribution in [1.82, 2.24) is 10.6 Å². The molecule has 0 aliphatic heterocycles. The SMILES string of the molecule is COc1ccccc1COC(=O)NC1CCCCC1C(=O)NC(C#N)c1cccc(O)c1. The van der Waals surface area contributed by atoms with Gasteiger partial charge in [-0.2, -0.15) is 5.26 Å². The molecule has 0 bridgehead atoms. The van der Waals surface area contributed by atoms with E-state index in [1.807, 2.05) is 18.2 Å². The molecule has 1 aliphatic rings. The van der Waals surface area contributed by atoms with Gasteiger partial charge in [0.2, 0.25) is 5.91 Å². The van der Waals surface area contributed by atoms with Crippen LogP contribution in [0.5, 0.6) is 11.5 Å². The Labute approximate surface area is 187 Å². The van der Waals surface area contributed by atoms with Gasteiger partial charge in [0.05, 0.1) is 19.1 Å². The Kier molecular flexibility index (Phi) is 7.92. The van der Waals surface area contributed by atoms with E-state index in [4.69, 9.17) is 9.47 Å². The zero-order chi connectivity index (χ0) is 22.9. The summed E-state index contributed by atoms with van der Waals surface area (Å²) in [6, 6.07) is 14.3. The third-order valence-corrected chi connectivity index (χ3v) is 5.58. The van der Waals surface area contributed by atoms with Crippen LogP contribution in [0.3, 0.4) is 0 Å². The quantitative estimate of drug-likeness (QED) is 0.609. The van der Waals surface area contributed by atoms with Crippen LogP contribution < -0.4 is 15.4 Å². The van der Waals surface area contributed by atoms with Crippen molar-refractivity contribution < 1.29 is 24.2 Å². The number of amides is 2. The summed E-state index contributed by atoms with van der Waals surface area (Å²) in [7, 11) is 1.55. The van der Waals surface area contributed by atoms with Gasteiger partial charge in [-0.3, -0.25) is 4.79 Å². The Morgan fingerprint density at radius 2 is 1.97 bits per heavy atom. The molecule has 2 aromatic rings. The zero-order valence-corrected chi connectivity index (χ0v) is 17.9. The third-order valence-electron chi connectivity index (χ3n) is 5.58. The van der Waals surface area contributed by atoms with Crippen molar-refractivity contribution in [3.63, 3.8) is 0 Å². The molecule has 3 rings (SSSR count). The summed E-state index contributed by atoms with van der Waals surface area (Å²) in [4.78, 5) is 25.4. The highest BCUT2D eigenvalue weighted by Crippen LogP contribution is 2.27. The molecule has 2 aromatic carbocycles. The Morgan fingerprint density at radius 1 is 1.19 bits per heavy atom. The summed E-state index contributed by atoms with van der Waals surface area (Å²) in [6.07, 6.45) is 2.38. The number of nitrogens with zero attached hydrogens (tertiary/aromatic N) is 1. The maximum atomic E-state index is 12.9. The Hall–Kier alpha value is -3.73. The number of nitriles is 1. The van der Waals surface area contributed by atoms with Gasteiger partial charge in [0.1, 0.15) is 24.1 Å². The molecule has 8 nitrogen and oxygen atoms in total. The van der Waals surface area contributed by atoms with Gasteiger partial charge < -0.3 is 25.2 Å². The number of ether oxygens (including phenoxy) is 2. The number of para-hydroxylation sites is 1. The van der Waals surface area contributed by atoms with E-state index in [1.54, 1.807) is 25.3 Å². The van der Waals surface area contributed by atoms with Crippen LogP contribution in [-0.2, 0) is 16.1 Å². The first-order valence-electron chi connectivity index (χ1n) is 10.6. The number of benzene rings is 2. The van der Waals surface area contributed by atoms with E-state index in [0.717, 1.165) is 18.4 Å². The summed E-state index contributed by atoms with van der Waals surface area (Å²) in [5, 5.41) is 24.7. The highest BCUT2D eigenvalue weighted by molar-refractivity contribution is 5.81. The molecule has 2 amide bonds. The van der Waals surface area contributed by atoms with E-state index in [2.05, 4.69) is 16.7 Å². The molecule has 0 saturated heterocycles. The lowest BCUT2D eigenvalue weighted by molar-refractivity contribution is -0.127. The van der Waals surface area contributed by atoms with Gasteiger partial charge in [-0.1, -0.05) is 43.2 Å². The van der Waals surface area contributed by atoms with Crippen molar-refractivity contribution in [2.75, 3.05) is 7.11 Å². The molecule has 1 saturated carbocycles. The predicted octanol–water partition coefficient (Wildman–Crippen LogP) is 3.57. The maximum absolute atomic E-state index is 12.9. The van der Waals surface area contributed by atoms with E-state index in [-0.39, 0.29) is 18.3 Å². The molecule has 0 aromatic heterocycles. The predicted molar refractivity (Wildman–Crippen MR) is 117 cm³/mol. The molecule has 168 valence electrons. The normalized spacial score (nSPS) is 18.6. The van der Waals surface area contributed by atoms with Gasteiger partial charge in [0, 0.05) is 11.6 Å². The van der Waals surface area contributed by atoms with Crippen molar-refractivity contribution in [1.29, 1.82) is 5.26 Å². The monoisotopic (exact) mass is 437 g/mol. The first-order valence-corrected chi connectivity index (χ1v) is 10.6. The lowest BCUT2D eigenvalue weighted by atomic mass is 9.83. The second-order valence-corrected chi connectivity index (χ2v) is 7.70. The second-order valence-electron chi connectivity index (χ2n) is 7.70. The average molecular weight is 437 g/mol. The molecular formula is C24H27N3O5. The number of carbonyl (C=O) groups excluding carboxylic acids is 2. The average Bonchev–Trinajstić information content (AvgIpc) is 2.81. The number of hydrogen-bond donors (Lipinski definition) is 3. The highest BCUT2D eigenvalue weighted by atomic mass is 16.5. The number of phenols is 1. The fourth-order valence-corrected chi connectivity index (χ4v) is 3.92. The molecule has 0 spiro atoms. The lowest BCUT2D eigenvalue weighted by Gasteiger charge is -2.31. The molecule has 1 aliphatic carbocycles. The number of rotatable bonds is 7. The summed E-state index contributed by atoms with van der Waals surface area (Å²) in [6.45, 7) is 0.0490. The molecular weight excluding hydrogens is 410 g/mol. The van der Waals surface area contributed by atoms with Crippen molar-refractivity contribution in [2.24, 2.45) is 5.92 Å². The van der Waals surface area contributed by atoms with Gasteiger partial charge in [0.25, 0.3) is 0 Å². The standard InChI is InChI=1S/C24H27N3O5/c1-31-22-12-5-2-7-17(22)15-32-24(30)27-20-11-4-3-10-19(20)23(29)26-21(14-25)16-8-6-9-18(28)13-16/h2,5-9,12-13,19-21,28H,3-4,10-11,15H2,1H3,(H,26,29)(H,27,30). The van der Waals surface area contributed by atoms with Crippen LogP contribution in [0.1, 0.15) is 42.9 Å². The van der Waals surface area contributed by atoms with Gasteiger partial charge in [-0.05, 0) is 36.6 Å². The molecule has 3 unspecified atom stereocenters. The number of carbonyl (C=O) groups is 2. The van der Waals surface area contributed by atoms with Crippen LogP contribution in [0.15, 0.2) is 48.5 Å². The minimum atomic E-state index is -0.894. The molecule has 1 fully saturated rings. The highest BCUT2D eigenvalue weighted by Gasteiger charge is 2.33. The first-order chi connectivity index (χ1) is 15.5. The zero-order valence-electron chi connectivity index (χ0n) is 17.9. The van der Waals surface area contributed by atoms with Crippen LogP contribution in [-0.4, -0.2) is 30.3 Å². The van der Waals surface area contributed by atoms with E-state index in [0.29, 0.717) is 24.2 Å². The fraction of sp³-hybridized carbons (Fsp3) is 0.375. The number of hydrogen-bond acceptors (Lipinski definition) is 6.